The minimum absolute atomic E-state index is 0.140. The van der Waals surface area contributed by atoms with Gasteiger partial charge in [0, 0.05) is 5.71 Å². The Kier molecular flexibility index (Phi) is 4.55. The molecule has 0 aliphatic heterocycles. The number of carbonyl (C=O) groups excluding carboxylic acids is 1. The molecular weight excluding hydrogens is 154 g/mol. The van der Waals surface area contributed by atoms with Gasteiger partial charge in [0.1, 0.15) is 0 Å². The van der Waals surface area contributed by atoms with E-state index in [0.717, 1.165) is 0 Å². The van der Waals surface area contributed by atoms with Crippen LogP contribution >= 0.6 is 0 Å². The summed E-state index contributed by atoms with van der Waals surface area (Å²) in [6.45, 7) is 7.63. The molecule has 1 atom stereocenters. The molecule has 0 amide bonds. The standard InChI is InChI=1S/C9H17NO2/c1-5-12-9(11)8(6(2)3)7(4)10/h6,8,10H,5H2,1-4H3. The Balaban J connectivity index is 4.30. The highest BCUT2D eigenvalue weighted by molar-refractivity contribution is 5.99. The van der Waals surface area contributed by atoms with Crippen molar-refractivity contribution in [1.82, 2.24) is 0 Å². The van der Waals surface area contributed by atoms with Gasteiger partial charge in [0.2, 0.25) is 0 Å². The van der Waals surface area contributed by atoms with Crippen LogP contribution in [0.2, 0.25) is 0 Å². The quantitative estimate of drug-likeness (QED) is 0.518. The maximum atomic E-state index is 11.3. The van der Waals surface area contributed by atoms with Crippen LogP contribution in [0.5, 0.6) is 0 Å². The summed E-state index contributed by atoms with van der Waals surface area (Å²) in [6.07, 6.45) is 0. The molecule has 0 aliphatic rings. The van der Waals surface area contributed by atoms with E-state index in [-0.39, 0.29) is 17.8 Å². The number of carbonyl (C=O) groups is 1. The highest BCUT2D eigenvalue weighted by Crippen LogP contribution is 2.13. The Morgan fingerprint density at radius 3 is 2.25 bits per heavy atom. The average Bonchev–Trinajstić information content (AvgIpc) is 1.85. The summed E-state index contributed by atoms with van der Waals surface area (Å²) < 4.78 is 4.85. The third kappa shape index (κ3) is 3.03. The van der Waals surface area contributed by atoms with Gasteiger partial charge in [0.25, 0.3) is 0 Å². The summed E-state index contributed by atoms with van der Waals surface area (Å²) in [7, 11) is 0. The van der Waals surface area contributed by atoms with Crippen LogP contribution in [0.25, 0.3) is 0 Å². The van der Waals surface area contributed by atoms with Crippen molar-refractivity contribution in [2.75, 3.05) is 6.61 Å². The van der Waals surface area contributed by atoms with Gasteiger partial charge < -0.3 is 10.1 Å². The van der Waals surface area contributed by atoms with E-state index in [1.54, 1.807) is 13.8 Å². The van der Waals surface area contributed by atoms with Crippen LogP contribution in [0.4, 0.5) is 0 Å². The number of esters is 1. The van der Waals surface area contributed by atoms with Crippen molar-refractivity contribution in [2.45, 2.75) is 27.7 Å². The lowest BCUT2D eigenvalue weighted by molar-refractivity contribution is -0.146. The molecule has 0 aromatic rings. The predicted molar refractivity (Wildman–Crippen MR) is 48.4 cm³/mol. The number of hydrogen-bond acceptors (Lipinski definition) is 3. The zero-order chi connectivity index (χ0) is 9.72. The van der Waals surface area contributed by atoms with Crippen LogP contribution in [0, 0.1) is 17.2 Å². The molecule has 1 unspecified atom stereocenters. The fraction of sp³-hybridized carbons (Fsp3) is 0.778. The lowest BCUT2D eigenvalue weighted by Crippen LogP contribution is -2.28. The largest absolute Gasteiger partial charge is 0.465 e. The maximum Gasteiger partial charge on any atom is 0.314 e. The van der Waals surface area contributed by atoms with Gasteiger partial charge in [-0.1, -0.05) is 13.8 Å². The zero-order valence-electron chi connectivity index (χ0n) is 8.18. The summed E-state index contributed by atoms with van der Waals surface area (Å²) in [5.74, 6) is -0.508. The molecule has 0 radical (unpaired) electrons. The van der Waals surface area contributed by atoms with Crippen molar-refractivity contribution in [1.29, 1.82) is 5.41 Å². The molecule has 0 saturated heterocycles. The second-order valence-corrected chi connectivity index (χ2v) is 3.16. The normalized spacial score (nSPS) is 12.8. The van der Waals surface area contributed by atoms with Gasteiger partial charge in [0.05, 0.1) is 12.5 Å². The van der Waals surface area contributed by atoms with E-state index in [9.17, 15) is 4.79 Å². The van der Waals surface area contributed by atoms with Gasteiger partial charge in [-0.25, -0.2) is 0 Å². The summed E-state index contributed by atoms with van der Waals surface area (Å²) in [5.41, 5.74) is 0.378. The molecule has 0 spiro atoms. The Hall–Kier alpha value is -0.860. The van der Waals surface area contributed by atoms with Crippen molar-refractivity contribution >= 4 is 11.7 Å². The zero-order valence-corrected chi connectivity index (χ0v) is 8.18. The first-order valence-corrected chi connectivity index (χ1v) is 4.22. The first-order valence-electron chi connectivity index (χ1n) is 4.22. The Bertz CT molecular complexity index is 175. The summed E-state index contributed by atoms with van der Waals surface area (Å²) in [5, 5.41) is 7.39. The molecule has 0 saturated carbocycles. The van der Waals surface area contributed by atoms with E-state index in [2.05, 4.69) is 0 Å². The Labute approximate surface area is 73.6 Å². The molecule has 3 heteroatoms. The summed E-state index contributed by atoms with van der Waals surface area (Å²) >= 11 is 0. The lowest BCUT2D eigenvalue weighted by Gasteiger charge is -2.17. The molecule has 0 fully saturated rings. The van der Waals surface area contributed by atoms with Crippen LogP contribution in [-0.4, -0.2) is 18.3 Å². The molecule has 1 N–H and O–H groups in total. The van der Waals surface area contributed by atoms with Crippen LogP contribution < -0.4 is 0 Å². The summed E-state index contributed by atoms with van der Waals surface area (Å²) in [4.78, 5) is 11.3. The number of rotatable bonds is 4. The topological polar surface area (TPSA) is 50.2 Å². The molecular formula is C9H17NO2. The number of nitrogens with one attached hydrogen (secondary N) is 1. The Morgan fingerprint density at radius 1 is 1.50 bits per heavy atom. The number of hydrogen-bond donors (Lipinski definition) is 1. The first-order chi connectivity index (χ1) is 5.50. The van der Waals surface area contributed by atoms with Crippen LogP contribution in [-0.2, 0) is 9.53 Å². The van der Waals surface area contributed by atoms with Crippen LogP contribution in [0.1, 0.15) is 27.7 Å². The molecule has 70 valence electrons. The van der Waals surface area contributed by atoms with Crippen LogP contribution in [0.3, 0.4) is 0 Å². The van der Waals surface area contributed by atoms with Gasteiger partial charge in [0.15, 0.2) is 0 Å². The van der Waals surface area contributed by atoms with E-state index in [4.69, 9.17) is 10.1 Å². The first kappa shape index (κ1) is 11.1. The van der Waals surface area contributed by atoms with Crippen molar-refractivity contribution in [3.8, 4) is 0 Å². The maximum absolute atomic E-state index is 11.3. The Morgan fingerprint density at radius 2 is 2.00 bits per heavy atom. The van der Waals surface area contributed by atoms with E-state index in [0.29, 0.717) is 12.3 Å². The molecule has 12 heavy (non-hydrogen) atoms. The van der Waals surface area contributed by atoms with E-state index in [1.807, 2.05) is 13.8 Å². The van der Waals surface area contributed by atoms with Gasteiger partial charge >= 0.3 is 5.97 Å². The third-order valence-electron chi connectivity index (χ3n) is 1.67. The van der Waals surface area contributed by atoms with Crippen molar-refractivity contribution in [3.63, 3.8) is 0 Å². The van der Waals surface area contributed by atoms with Gasteiger partial charge in [-0.3, -0.25) is 4.79 Å². The molecule has 3 nitrogen and oxygen atoms in total. The van der Waals surface area contributed by atoms with E-state index >= 15 is 0 Å². The van der Waals surface area contributed by atoms with Crippen molar-refractivity contribution in [3.05, 3.63) is 0 Å². The highest BCUT2D eigenvalue weighted by Gasteiger charge is 2.25. The summed E-state index contributed by atoms with van der Waals surface area (Å²) in [6, 6.07) is 0. The smallest absolute Gasteiger partial charge is 0.314 e. The molecule has 0 heterocycles. The van der Waals surface area contributed by atoms with Crippen LogP contribution in [0.15, 0.2) is 0 Å². The van der Waals surface area contributed by atoms with Gasteiger partial charge in [-0.05, 0) is 19.8 Å². The molecule has 0 aromatic carbocycles. The second-order valence-electron chi connectivity index (χ2n) is 3.16. The predicted octanol–water partition coefficient (Wildman–Crippen LogP) is 1.86. The second kappa shape index (κ2) is 4.91. The monoisotopic (exact) mass is 171 g/mol. The minimum atomic E-state index is -0.370. The van der Waals surface area contributed by atoms with Gasteiger partial charge in [-0.15, -0.1) is 0 Å². The third-order valence-corrected chi connectivity index (χ3v) is 1.67. The fourth-order valence-corrected chi connectivity index (χ4v) is 1.18. The van der Waals surface area contributed by atoms with E-state index in [1.165, 1.54) is 0 Å². The fourth-order valence-electron chi connectivity index (χ4n) is 1.18. The van der Waals surface area contributed by atoms with Gasteiger partial charge in [-0.2, -0.15) is 0 Å². The molecule has 0 bridgehead atoms. The van der Waals surface area contributed by atoms with Crippen molar-refractivity contribution in [2.24, 2.45) is 11.8 Å². The highest BCUT2D eigenvalue weighted by atomic mass is 16.5. The SMILES string of the molecule is CCOC(=O)C(C(C)=N)C(C)C. The molecule has 0 aromatic heterocycles. The number of ether oxygens (including phenoxy) is 1. The molecule has 0 aliphatic carbocycles. The van der Waals surface area contributed by atoms with Crippen molar-refractivity contribution < 1.29 is 9.53 Å². The minimum Gasteiger partial charge on any atom is -0.465 e. The average molecular weight is 171 g/mol. The van der Waals surface area contributed by atoms with E-state index < -0.39 is 0 Å². The lowest BCUT2D eigenvalue weighted by atomic mass is 9.92. The molecule has 0 rings (SSSR count).